The number of nitrogens with zero attached hydrogens (tertiary/aromatic N) is 3. The van der Waals surface area contributed by atoms with Crippen molar-refractivity contribution in [1.29, 1.82) is 0 Å². The van der Waals surface area contributed by atoms with Gasteiger partial charge in [-0.1, -0.05) is 19.8 Å². The van der Waals surface area contributed by atoms with Crippen molar-refractivity contribution in [1.82, 2.24) is 19.8 Å². The number of likely N-dealkylation sites (N-methyl/N-ethyl adjacent to an activating group) is 1. The Balaban J connectivity index is 0.00000420. The Kier molecular flexibility index (Phi) is 11.2. The molecule has 0 aromatic heterocycles. The number of aliphatic imine (C=N–C) groups is 1. The third-order valence-electron chi connectivity index (χ3n) is 5.65. The van der Waals surface area contributed by atoms with Gasteiger partial charge in [0.15, 0.2) is 5.96 Å². The van der Waals surface area contributed by atoms with Crippen LogP contribution >= 0.6 is 24.0 Å². The lowest BCUT2D eigenvalue weighted by Gasteiger charge is -2.36. The minimum absolute atomic E-state index is 0. The third-order valence-corrected chi connectivity index (χ3v) is 7.58. The zero-order chi connectivity index (χ0) is 20.7. The second kappa shape index (κ2) is 12.3. The minimum atomic E-state index is -3.36. The highest BCUT2D eigenvalue weighted by Gasteiger charge is 2.34. The van der Waals surface area contributed by atoms with E-state index in [1.165, 1.54) is 4.90 Å². The maximum absolute atomic E-state index is 12.9. The van der Waals surface area contributed by atoms with Crippen LogP contribution in [0.3, 0.4) is 0 Å². The molecule has 1 saturated carbocycles. The Bertz CT molecular complexity index is 650. The van der Waals surface area contributed by atoms with Gasteiger partial charge in [0.2, 0.25) is 15.9 Å². The van der Waals surface area contributed by atoms with E-state index in [1.54, 1.807) is 14.1 Å². The highest BCUT2D eigenvalue weighted by Crippen LogP contribution is 2.22. The number of piperidine rings is 1. The average molecular weight is 544 g/mol. The van der Waals surface area contributed by atoms with E-state index < -0.39 is 15.3 Å². The van der Waals surface area contributed by atoms with Gasteiger partial charge in [0.25, 0.3) is 0 Å². The fourth-order valence-electron chi connectivity index (χ4n) is 3.60. The second-order valence-corrected chi connectivity index (χ2v) is 10.2. The van der Waals surface area contributed by atoms with Crippen LogP contribution in [0.2, 0.25) is 0 Å². The molecule has 0 aromatic carbocycles. The molecule has 29 heavy (non-hydrogen) atoms. The maximum atomic E-state index is 12.9. The Hall–Kier alpha value is -0.620. The first-order valence-electron chi connectivity index (χ1n) is 10.5. The first-order chi connectivity index (χ1) is 13.2. The predicted octanol–water partition coefficient (Wildman–Crippen LogP) is 1.76. The van der Waals surface area contributed by atoms with Crippen molar-refractivity contribution in [2.24, 2.45) is 4.99 Å². The fourth-order valence-corrected chi connectivity index (χ4v) is 5.35. The average Bonchev–Trinajstić information content (AvgIpc) is 3.16. The van der Waals surface area contributed by atoms with Gasteiger partial charge in [0.1, 0.15) is 6.54 Å². The van der Waals surface area contributed by atoms with E-state index in [4.69, 9.17) is 0 Å². The largest absolute Gasteiger partial charge is 0.354 e. The van der Waals surface area contributed by atoms with E-state index in [0.29, 0.717) is 18.9 Å². The fraction of sp³-hybridized carbons (Fsp3) is 0.895. The topological polar surface area (TPSA) is 94.1 Å². The molecular weight excluding hydrogens is 505 g/mol. The summed E-state index contributed by atoms with van der Waals surface area (Å²) in [5.74, 6) is 0.554. The summed E-state index contributed by atoms with van der Waals surface area (Å²) < 4.78 is 28.7. The molecule has 8 nitrogen and oxygen atoms in total. The van der Waals surface area contributed by atoms with Gasteiger partial charge in [-0.25, -0.2) is 18.1 Å². The summed E-state index contributed by atoms with van der Waals surface area (Å²) in [6.07, 6.45) is 6.43. The molecule has 1 aliphatic heterocycles. The SMILES string of the molecule is CCC(C)NC(=NCC(=O)N(C)C)N1CCCC(S(=O)(=O)NC2CCCC2)C1.I. The number of rotatable bonds is 7. The van der Waals surface area contributed by atoms with E-state index in [1.807, 2.05) is 4.90 Å². The summed E-state index contributed by atoms with van der Waals surface area (Å²) in [6.45, 7) is 5.34. The molecule has 2 unspecified atom stereocenters. The maximum Gasteiger partial charge on any atom is 0.243 e. The highest BCUT2D eigenvalue weighted by molar-refractivity contribution is 14.0. The lowest BCUT2D eigenvalue weighted by molar-refractivity contribution is -0.127. The molecule has 1 saturated heterocycles. The molecule has 1 amide bonds. The molecule has 0 bridgehead atoms. The summed E-state index contributed by atoms with van der Waals surface area (Å²) >= 11 is 0. The summed E-state index contributed by atoms with van der Waals surface area (Å²) in [4.78, 5) is 20.0. The Morgan fingerprint density at radius 1 is 1.21 bits per heavy atom. The normalized spacial score (nSPS) is 22.1. The van der Waals surface area contributed by atoms with Crippen molar-refractivity contribution in [2.75, 3.05) is 33.7 Å². The number of carbonyl (C=O) groups is 1. The van der Waals surface area contributed by atoms with Crippen LogP contribution in [-0.4, -0.2) is 81.1 Å². The van der Waals surface area contributed by atoms with Gasteiger partial charge in [0.05, 0.1) is 5.25 Å². The monoisotopic (exact) mass is 543 g/mol. The first kappa shape index (κ1) is 26.4. The number of guanidine groups is 1. The van der Waals surface area contributed by atoms with Crippen LogP contribution in [0, 0.1) is 0 Å². The molecular formula is C19H38IN5O3S. The standard InChI is InChI=1S/C19H37N5O3S.HI/c1-5-15(2)21-19(20-13-18(25)23(3)4)24-12-8-11-17(14-24)28(26,27)22-16-9-6-7-10-16;/h15-17,22H,5-14H2,1-4H3,(H,20,21);1H. The molecule has 0 spiro atoms. The Morgan fingerprint density at radius 3 is 2.45 bits per heavy atom. The first-order valence-corrected chi connectivity index (χ1v) is 12.0. The van der Waals surface area contributed by atoms with Gasteiger partial charge in [-0.05, 0) is 39.0 Å². The molecule has 1 aliphatic carbocycles. The van der Waals surface area contributed by atoms with Gasteiger partial charge in [0, 0.05) is 39.3 Å². The molecule has 2 atom stereocenters. The third kappa shape index (κ3) is 8.20. The summed E-state index contributed by atoms with van der Waals surface area (Å²) in [6, 6.07) is 0.284. The van der Waals surface area contributed by atoms with Crippen LogP contribution in [0.5, 0.6) is 0 Å². The quantitative estimate of drug-likeness (QED) is 0.290. The number of hydrogen-bond donors (Lipinski definition) is 2. The lowest BCUT2D eigenvalue weighted by atomic mass is 10.1. The van der Waals surface area contributed by atoms with Gasteiger partial charge >= 0.3 is 0 Å². The summed E-state index contributed by atoms with van der Waals surface area (Å²) in [7, 11) is 0.0508. The Labute approximate surface area is 193 Å². The van der Waals surface area contributed by atoms with E-state index in [0.717, 1.165) is 45.1 Å². The smallest absolute Gasteiger partial charge is 0.243 e. The Morgan fingerprint density at radius 2 is 1.86 bits per heavy atom. The molecule has 0 radical (unpaired) electrons. The molecule has 2 N–H and O–H groups in total. The molecule has 1 heterocycles. The van der Waals surface area contributed by atoms with Crippen LogP contribution in [0.25, 0.3) is 0 Å². The number of nitrogens with one attached hydrogen (secondary N) is 2. The van der Waals surface area contributed by atoms with Crippen molar-refractivity contribution in [3.05, 3.63) is 0 Å². The second-order valence-electron chi connectivity index (χ2n) is 8.24. The molecule has 0 aromatic rings. The van der Waals surface area contributed by atoms with Gasteiger partial charge in [-0.15, -0.1) is 24.0 Å². The molecule has 170 valence electrons. The molecule has 2 fully saturated rings. The lowest BCUT2D eigenvalue weighted by Crippen LogP contribution is -2.54. The molecule has 2 aliphatic rings. The summed E-state index contributed by atoms with van der Waals surface area (Å²) in [5.41, 5.74) is 0. The number of amides is 1. The van der Waals surface area contributed by atoms with Crippen LogP contribution in [0.1, 0.15) is 58.8 Å². The molecule has 2 rings (SSSR count). The van der Waals surface area contributed by atoms with Crippen molar-refractivity contribution in [3.63, 3.8) is 0 Å². The number of carbonyl (C=O) groups excluding carboxylic acids is 1. The summed E-state index contributed by atoms with van der Waals surface area (Å²) in [5, 5.41) is 2.92. The number of likely N-dealkylation sites (tertiary alicyclic amines) is 1. The van der Waals surface area contributed by atoms with E-state index in [-0.39, 0.29) is 48.5 Å². The van der Waals surface area contributed by atoms with Crippen LogP contribution in [0.15, 0.2) is 4.99 Å². The van der Waals surface area contributed by atoms with Crippen LogP contribution < -0.4 is 10.0 Å². The van der Waals surface area contributed by atoms with Crippen molar-refractivity contribution < 1.29 is 13.2 Å². The van der Waals surface area contributed by atoms with Crippen molar-refractivity contribution in [2.45, 2.75) is 76.1 Å². The van der Waals surface area contributed by atoms with Crippen LogP contribution in [0.4, 0.5) is 0 Å². The number of halogens is 1. The van der Waals surface area contributed by atoms with E-state index in [9.17, 15) is 13.2 Å². The zero-order valence-corrected chi connectivity index (χ0v) is 21.3. The number of sulfonamides is 1. The van der Waals surface area contributed by atoms with E-state index >= 15 is 0 Å². The highest BCUT2D eigenvalue weighted by atomic mass is 127. The van der Waals surface area contributed by atoms with Gasteiger partial charge in [-0.3, -0.25) is 4.79 Å². The minimum Gasteiger partial charge on any atom is -0.354 e. The zero-order valence-electron chi connectivity index (χ0n) is 18.2. The van der Waals surface area contributed by atoms with Crippen LogP contribution in [-0.2, 0) is 14.8 Å². The molecule has 10 heteroatoms. The van der Waals surface area contributed by atoms with Crippen molar-refractivity contribution in [3.8, 4) is 0 Å². The van der Waals surface area contributed by atoms with E-state index in [2.05, 4.69) is 28.9 Å². The predicted molar refractivity (Wildman–Crippen MR) is 128 cm³/mol. The van der Waals surface area contributed by atoms with Crippen molar-refractivity contribution >= 4 is 45.9 Å². The number of hydrogen-bond acceptors (Lipinski definition) is 4. The van der Waals surface area contributed by atoms with Gasteiger partial charge < -0.3 is 15.1 Å². The van der Waals surface area contributed by atoms with Gasteiger partial charge in [-0.2, -0.15) is 0 Å².